The van der Waals surface area contributed by atoms with Gasteiger partial charge in [0.25, 0.3) is 0 Å². The maximum absolute atomic E-state index is 7.50. The summed E-state index contributed by atoms with van der Waals surface area (Å²) >= 11 is 0. The van der Waals surface area contributed by atoms with Crippen LogP contribution in [0.2, 0.25) is 0 Å². The van der Waals surface area contributed by atoms with Gasteiger partial charge in [-0.05, 0) is 0 Å². The van der Waals surface area contributed by atoms with Crippen LogP contribution in [0.4, 0.5) is 0 Å². The molecule has 0 aromatic carbocycles. The van der Waals surface area contributed by atoms with Crippen LogP contribution in [0.15, 0.2) is 0 Å². The summed E-state index contributed by atoms with van der Waals surface area (Å²) in [5.74, 6) is 0. The molecule has 0 amide bonds. The summed E-state index contributed by atoms with van der Waals surface area (Å²) in [5, 5.41) is 0. The fraction of sp³-hybridized carbons (Fsp3) is 0. The molecule has 0 bridgehead atoms. The first-order valence-corrected chi connectivity index (χ1v) is 1.02. The Morgan fingerprint density at radius 2 is 0.417 bits per heavy atom. The summed E-state index contributed by atoms with van der Waals surface area (Å²) in [6.07, 6.45) is 0. The molecule has 0 spiro atoms. The maximum atomic E-state index is 7.50. The van der Waals surface area contributed by atoms with Gasteiger partial charge in [0.2, 0.25) is 0 Å². The molecule has 0 fully saturated rings. The summed E-state index contributed by atoms with van der Waals surface area (Å²) in [4.78, 5) is 0. The summed E-state index contributed by atoms with van der Waals surface area (Å²) in [5.41, 5.74) is 0. The van der Waals surface area contributed by atoms with Gasteiger partial charge in [-0.25, -0.2) is 0 Å². The molecule has 1 radical (unpaired) electrons. The van der Waals surface area contributed by atoms with E-state index < -0.39 is 0 Å². The van der Waals surface area contributed by atoms with E-state index in [9.17, 15) is 0 Å². The standard InChI is InChI=1S/5CO.CH3.Mn/c5*1-2;;/h;;;;;1H3;/q;;;;;-1;. The molecule has 0 unspecified atom stereocenters. The smallest absolute Gasteiger partial charge is 0 e. The predicted octanol–water partition coefficient (Wildman–Crippen LogP) is 0.260. The molecule has 0 aliphatic carbocycles. The molecule has 0 atom stereocenters. The van der Waals surface area contributed by atoms with Crippen molar-refractivity contribution < 1.29 is 40.3 Å². The van der Waals surface area contributed by atoms with Crippen LogP contribution in [-0.4, -0.2) is 0 Å². The number of hydrogen-bond donors (Lipinski definition) is 0. The third-order valence-corrected chi connectivity index (χ3v) is 0. The van der Waals surface area contributed by atoms with Gasteiger partial charge in [-0.2, -0.15) is 0 Å². The van der Waals surface area contributed by atoms with E-state index in [1.807, 2.05) is 0 Å². The Labute approximate surface area is 81.6 Å². The number of hydrogen-bond acceptors (Lipinski definition) is 0. The van der Waals surface area contributed by atoms with E-state index in [2.05, 4.69) is 33.3 Å². The second-order valence-corrected chi connectivity index (χ2v) is 0. The van der Waals surface area contributed by atoms with Crippen molar-refractivity contribution in [1.29, 1.82) is 0 Å². The van der Waals surface area contributed by atoms with Crippen molar-refractivity contribution in [1.82, 2.24) is 0 Å². The monoisotopic (exact) mass is 210 g/mol. The van der Waals surface area contributed by atoms with Crippen LogP contribution in [0.3, 0.4) is 0 Å². The fourth-order valence-electron chi connectivity index (χ4n) is 0. The van der Waals surface area contributed by atoms with Gasteiger partial charge in [-0.15, -0.1) is 0 Å². The SMILES string of the molecule is [C-]#[O+].[C-]#[O+].[C-]#[O+].[C-]#[O+].[C-]#[O+].[CH3-].[Mn]. The van der Waals surface area contributed by atoms with Crippen molar-refractivity contribution in [2.75, 3.05) is 0 Å². The van der Waals surface area contributed by atoms with E-state index in [1.54, 1.807) is 0 Å². The zero-order valence-electron chi connectivity index (χ0n) is 5.92. The third-order valence-electron chi connectivity index (χ3n) is 0. The summed E-state index contributed by atoms with van der Waals surface area (Å²) in [6.45, 7) is 22.5. The zero-order chi connectivity index (χ0) is 10.0. The minimum absolute atomic E-state index is 0. The van der Waals surface area contributed by atoms with E-state index >= 15 is 0 Å². The first-order valence-electron chi connectivity index (χ1n) is 1.02. The molecule has 6 heteroatoms. The fourth-order valence-corrected chi connectivity index (χ4v) is 0. The summed E-state index contributed by atoms with van der Waals surface area (Å²) < 4.78 is 37.5. The Hall–Kier alpha value is -0.781. The van der Waals surface area contributed by atoms with Crippen LogP contribution >= 0.6 is 0 Å². The van der Waals surface area contributed by atoms with Crippen molar-refractivity contribution >= 4 is 0 Å². The molecule has 0 saturated carbocycles. The van der Waals surface area contributed by atoms with Gasteiger partial charge >= 0.3 is 56.5 Å². The van der Waals surface area contributed by atoms with Gasteiger partial charge in [-0.1, -0.05) is 0 Å². The predicted molar refractivity (Wildman–Crippen MR) is 26.1 cm³/mol. The van der Waals surface area contributed by atoms with Gasteiger partial charge in [-0.3, -0.25) is 0 Å². The van der Waals surface area contributed by atoms with Crippen LogP contribution in [0.25, 0.3) is 0 Å². The molecule has 12 heavy (non-hydrogen) atoms. The Bertz CT molecular complexity index is 74.5. The maximum Gasteiger partial charge on any atom is 0 e. The van der Waals surface area contributed by atoms with E-state index in [4.69, 9.17) is 23.3 Å². The van der Waals surface area contributed by atoms with E-state index in [0.717, 1.165) is 0 Å². The van der Waals surface area contributed by atoms with E-state index in [0.29, 0.717) is 0 Å². The van der Waals surface area contributed by atoms with Crippen molar-refractivity contribution in [2.24, 2.45) is 0 Å². The van der Waals surface area contributed by atoms with Crippen LogP contribution < -0.4 is 0 Å². The molecule has 65 valence electrons. The molecule has 0 aromatic heterocycles. The number of rotatable bonds is 0. The largest absolute Gasteiger partial charge is 0.358 e. The second-order valence-electron chi connectivity index (χ2n) is 0. The molecule has 0 aliphatic heterocycles. The average molecular weight is 210 g/mol. The van der Waals surface area contributed by atoms with Gasteiger partial charge in [0, 0.05) is 17.1 Å². The van der Waals surface area contributed by atoms with Crippen LogP contribution in [0.5, 0.6) is 0 Å². The quantitative estimate of drug-likeness (QED) is 0.311. The topological polar surface area (TPSA) is 99.5 Å². The van der Waals surface area contributed by atoms with Gasteiger partial charge in [0.15, 0.2) is 0 Å². The van der Waals surface area contributed by atoms with E-state index in [-0.39, 0.29) is 24.5 Å². The molecular formula is C6H3MnO5-. The van der Waals surface area contributed by atoms with Gasteiger partial charge < -0.3 is 7.43 Å². The molecular weight excluding hydrogens is 207 g/mol. The Balaban J connectivity index is -0.00000000500. The second kappa shape index (κ2) is 1430. The summed E-state index contributed by atoms with van der Waals surface area (Å²) in [6, 6.07) is 0. The Morgan fingerprint density at radius 1 is 0.417 bits per heavy atom. The summed E-state index contributed by atoms with van der Waals surface area (Å²) in [7, 11) is 0. The minimum atomic E-state index is 0. The van der Waals surface area contributed by atoms with E-state index in [1.165, 1.54) is 0 Å². The molecule has 0 aliphatic rings. The average Bonchev–Trinajstić information content (AvgIpc) is 2.20. The van der Waals surface area contributed by atoms with Crippen molar-refractivity contribution in [3.8, 4) is 0 Å². The molecule has 0 rings (SSSR count). The van der Waals surface area contributed by atoms with Gasteiger partial charge in [0.1, 0.15) is 0 Å². The zero-order valence-corrected chi connectivity index (χ0v) is 7.10. The molecule has 0 N–H and O–H groups in total. The first kappa shape index (κ1) is 65.8. The first-order chi connectivity index (χ1) is 5.00. The molecule has 0 aromatic rings. The van der Waals surface area contributed by atoms with Gasteiger partial charge in [0.05, 0.1) is 0 Å². The Morgan fingerprint density at radius 3 is 0.417 bits per heavy atom. The Kier molecular flexibility index (Phi) is 7820. The third kappa shape index (κ3) is 1020. The molecule has 0 saturated heterocycles. The van der Waals surface area contributed by atoms with Crippen LogP contribution in [-0.2, 0) is 40.3 Å². The van der Waals surface area contributed by atoms with Crippen molar-refractivity contribution in [3.05, 3.63) is 40.7 Å². The van der Waals surface area contributed by atoms with Crippen LogP contribution in [0.1, 0.15) is 0 Å². The van der Waals surface area contributed by atoms with Crippen molar-refractivity contribution in [2.45, 2.75) is 0 Å². The molecule has 5 nitrogen and oxygen atoms in total. The molecule has 0 heterocycles. The minimum Gasteiger partial charge on any atom is -0.358 e. The normalized spacial score (nSPS) is 0.833. The van der Waals surface area contributed by atoms with Crippen molar-refractivity contribution in [3.63, 3.8) is 0 Å². The van der Waals surface area contributed by atoms with Crippen LogP contribution in [0, 0.1) is 40.7 Å².